The van der Waals surface area contributed by atoms with Gasteiger partial charge in [-0.15, -0.1) is 0 Å². The van der Waals surface area contributed by atoms with Crippen LogP contribution in [0, 0.1) is 0 Å². The smallest absolute Gasteiger partial charge is 0.243 e. The van der Waals surface area contributed by atoms with Gasteiger partial charge in [-0.3, -0.25) is 9.69 Å². The number of benzene rings is 1. The molecule has 28 heavy (non-hydrogen) atoms. The van der Waals surface area contributed by atoms with Crippen LogP contribution in [0.3, 0.4) is 0 Å². The topological polar surface area (TPSA) is 70.2 Å². The van der Waals surface area contributed by atoms with Gasteiger partial charge in [-0.05, 0) is 57.5 Å². The van der Waals surface area contributed by atoms with Crippen LogP contribution in [0.5, 0.6) is 5.75 Å². The van der Waals surface area contributed by atoms with Gasteiger partial charge < -0.3 is 9.64 Å². The van der Waals surface area contributed by atoms with Crippen molar-refractivity contribution >= 4 is 15.9 Å². The first-order valence-electron chi connectivity index (χ1n) is 10.2. The maximum atomic E-state index is 12.9. The van der Waals surface area contributed by atoms with Crippen LogP contribution in [-0.4, -0.2) is 80.3 Å². The Kier molecular flexibility index (Phi) is 6.95. The van der Waals surface area contributed by atoms with Gasteiger partial charge in [-0.25, -0.2) is 8.42 Å². The van der Waals surface area contributed by atoms with Gasteiger partial charge in [0.1, 0.15) is 5.75 Å². The third-order valence-corrected chi connectivity index (χ3v) is 7.56. The molecule has 0 saturated carbocycles. The number of hydrogen-bond acceptors (Lipinski definition) is 5. The summed E-state index contributed by atoms with van der Waals surface area (Å²) < 4.78 is 32.6. The van der Waals surface area contributed by atoms with Crippen molar-refractivity contribution in [2.45, 2.75) is 44.0 Å². The number of piperidine rings is 1. The minimum atomic E-state index is -3.55. The summed E-state index contributed by atoms with van der Waals surface area (Å²) in [5.74, 6) is 0.760. The lowest BCUT2D eigenvalue weighted by Gasteiger charge is -2.37. The average molecular weight is 410 g/mol. The van der Waals surface area contributed by atoms with E-state index in [0.717, 1.165) is 19.4 Å². The van der Waals surface area contributed by atoms with Crippen LogP contribution in [0.4, 0.5) is 0 Å². The van der Waals surface area contributed by atoms with Gasteiger partial charge in [0.2, 0.25) is 15.9 Å². The highest BCUT2D eigenvalue weighted by atomic mass is 32.2. The van der Waals surface area contributed by atoms with Crippen LogP contribution in [0.25, 0.3) is 0 Å². The van der Waals surface area contributed by atoms with Gasteiger partial charge in [-0.1, -0.05) is 6.42 Å². The van der Waals surface area contributed by atoms with Crippen molar-refractivity contribution in [1.29, 1.82) is 0 Å². The largest absolute Gasteiger partial charge is 0.494 e. The number of nitrogens with zero attached hydrogens (tertiary/aromatic N) is 3. The summed E-state index contributed by atoms with van der Waals surface area (Å²) in [5.41, 5.74) is 0. The molecule has 156 valence electrons. The summed E-state index contributed by atoms with van der Waals surface area (Å²) in [7, 11) is -3.55. The third kappa shape index (κ3) is 4.85. The average Bonchev–Trinajstić information content (AvgIpc) is 2.70. The third-order valence-electron chi connectivity index (χ3n) is 5.64. The monoisotopic (exact) mass is 409 g/mol. The van der Waals surface area contributed by atoms with E-state index < -0.39 is 10.0 Å². The minimum absolute atomic E-state index is 0.104. The van der Waals surface area contributed by atoms with Crippen molar-refractivity contribution in [2.75, 3.05) is 45.9 Å². The summed E-state index contributed by atoms with van der Waals surface area (Å²) >= 11 is 0. The molecule has 0 aliphatic carbocycles. The number of amides is 1. The Morgan fingerprint density at radius 1 is 1.07 bits per heavy atom. The maximum Gasteiger partial charge on any atom is 0.243 e. The molecule has 2 aliphatic heterocycles. The molecule has 0 unspecified atom stereocenters. The SMILES string of the molecule is CCOc1ccc(S(=O)(=O)N2CCN(C(=O)CN3CCCC[C@@H]3C)CC2)cc1. The van der Waals surface area contributed by atoms with Gasteiger partial charge in [0, 0.05) is 32.2 Å². The van der Waals surface area contributed by atoms with E-state index in [-0.39, 0.29) is 10.8 Å². The number of carbonyl (C=O) groups excluding carboxylic acids is 1. The lowest BCUT2D eigenvalue weighted by Crippen LogP contribution is -2.53. The summed E-state index contributed by atoms with van der Waals surface area (Å²) in [6.07, 6.45) is 3.51. The molecule has 0 bridgehead atoms. The number of hydrogen-bond donors (Lipinski definition) is 0. The first-order chi connectivity index (χ1) is 13.4. The van der Waals surface area contributed by atoms with Crippen molar-refractivity contribution in [3.63, 3.8) is 0 Å². The van der Waals surface area contributed by atoms with Crippen molar-refractivity contribution in [3.05, 3.63) is 24.3 Å². The first kappa shape index (κ1) is 21.1. The van der Waals surface area contributed by atoms with Crippen LogP contribution in [0.2, 0.25) is 0 Å². The van der Waals surface area contributed by atoms with Gasteiger partial charge in [0.05, 0.1) is 18.0 Å². The van der Waals surface area contributed by atoms with Crippen LogP contribution >= 0.6 is 0 Å². The van der Waals surface area contributed by atoms with E-state index in [1.807, 2.05) is 6.92 Å². The molecule has 1 amide bonds. The fourth-order valence-corrected chi connectivity index (χ4v) is 5.29. The van der Waals surface area contributed by atoms with Crippen LogP contribution in [-0.2, 0) is 14.8 Å². The number of ether oxygens (including phenoxy) is 1. The molecule has 2 fully saturated rings. The lowest BCUT2D eigenvalue weighted by molar-refractivity contribution is -0.134. The Bertz CT molecular complexity index is 758. The van der Waals surface area contributed by atoms with Gasteiger partial charge in [0.15, 0.2) is 0 Å². The van der Waals surface area contributed by atoms with Crippen molar-refractivity contribution in [1.82, 2.24) is 14.1 Å². The molecule has 0 spiro atoms. The van der Waals surface area contributed by atoms with Crippen molar-refractivity contribution in [3.8, 4) is 5.75 Å². The lowest BCUT2D eigenvalue weighted by atomic mass is 10.0. The highest BCUT2D eigenvalue weighted by molar-refractivity contribution is 7.89. The number of likely N-dealkylation sites (tertiary alicyclic amines) is 1. The molecular formula is C20H31N3O4S. The summed E-state index contributed by atoms with van der Waals surface area (Å²) in [5, 5.41) is 0. The van der Waals surface area contributed by atoms with Gasteiger partial charge in [-0.2, -0.15) is 4.31 Å². The number of carbonyl (C=O) groups is 1. The Hall–Kier alpha value is -1.64. The fraction of sp³-hybridized carbons (Fsp3) is 0.650. The number of piperazine rings is 1. The van der Waals surface area contributed by atoms with E-state index in [9.17, 15) is 13.2 Å². The molecular weight excluding hydrogens is 378 g/mol. The molecule has 8 heteroatoms. The number of rotatable bonds is 6. The second-order valence-electron chi connectivity index (χ2n) is 7.50. The van der Waals surface area contributed by atoms with E-state index in [1.165, 1.54) is 10.7 Å². The Morgan fingerprint density at radius 3 is 2.36 bits per heavy atom. The Morgan fingerprint density at radius 2 is 1.75 bits per heavy atom. The molecule has 1 aromatic rings. The molecule has 2 heterocycles. The fourth-order valence-electron chi connectivity index (χ4n) is 3.87. The second-order valence-corrected chi connectivity index (χ2v) is 9.44. The molecule has 3 rings (SSSR count). The van der Waals surface area contributed by atoms with Crippen LogP contribution < -0.4 is 4.74 Å². The zero-order valence-corrected chi connectivity index (χ0v) is 17.7. The second kappa shape index (κ2) is 9.24. The maximum absolute atomic E-state index is 12.9. The van der Waals surface area contributed by atoms with Crippen LogP contribution in [0.15, 0.2) is 29.2 Å². The molecule has 0 aromatic heterocycles. The summed E-state index contributed by atoms with van der Waals surface area (Å²) in [4.78, 5) is 16.9. The molecule has 2 saturated heterocycles. The predicted molar refractivity (Wildman–Crippen MR) is 108 cm³/mol. The van der Waals surface area contributed by atoms with Gasteiger partial charge >= 0.3 is 0 Å². The number of sulfonamides is 1. The Balaban J connectivity index is 1.55. The zero-order valence-electron chi connectivity index (χ0n) is 16.8. The minimum Gasteiger partial charge on any atom is -0.494 e. The van der Waals surface area contributed by atoms with Crippen LogP contribution in [0.1, 0.15) is 33.1 Å². The van der Waals surface area contributed by atoms with E-state index in [2.05, 4.69) is 11.8 Å². The van der Waals surface area contributed by atoms with Gasteiger partial charge in [0.25, 0.3) is 0 Å². The molecule has 0 N–H and O–H groups in total. The normalized spacial score (nSPS) is 22.2. The zero-order chi connectivity index (χ0) is 20.1. The summed E-state index contributed by atoms with van der Waals surface area (Å²) in [6.45, 7) is 7.55. The van der Waals surface area contributed by atoms with E-state index >= 15 is 0 Å². The van der Waals surface area contributed by atoms with E-state index in [4.69, 9.17) is 4.74 Å². The standard InChI is InChI=1S/C20H31N3O4S/c1-3-27-18-7-9-19(10-8-18)28(25,26)23-14-12-21(13-15-23)20(24)16-22-11-5-4-6-17(22)2/h7-10,17H,3-6,11-16H2,1-2H3/t17-/m0/s1. The quantitative estimate of drug-likeness (QED) is 0.717. The highest BCUT2D eigenvalue weighted by Gasteiger charge is 2.31. The first-order valence-corrected chi connectivity index (χ1v) is 11.6. The molecule has 1 atom stereocenters. The molecule has 1 aromatic carbocycles. The van der Waals surface area contributed by atoms with E-state index in [1.54, 1.807) is 29.2 Å². The van der Waals surface area contributed by atoms with Crippen molar-refractivity contribution < 1.29 is 17.9 Å². The Labute approximate surface area is 168 Å². The molecule has 7 nitrogen and oxygen atoms in total. The van der Waals surface area contributed by atoms with E-state index in [0.29, 0.717) is 51.1 Å². The molecule has 0 radical (unpaired) electrons. The predicted octanol–water partition coefficient (Wildman–Crippen LogP) is 1.79. The molecule has 2 aliphatic rings. The highest BCUT2D eigenvalue weighted by Crippen LogP contribution is 2.21. The summed E-state index contributed by atoms with van der Waals surface area (Å²) in [6, 6.07) is 6.95. The van der Waals surface area contributed by atoms with Crippen molar-refractivity contribution in [2.24, 2.45) is 0 Å².